The van der Waals surface area contributed by atoms with E-state index in [0.29, 0.717) is 38.9 Å². The molecule has 0 saturated carbocycles. The van der Waals surface area contributed by atoms with E-state index < -0.39 is 11.2 Å². The van der Waals surface area contributed by atoms with Crippen molar-refractivity contribution in [2.75, 3.05) is 6.61 Å². The zero-order valence-corrected chi connectivity index (χ0v) is 13.5. The molecular weight excluding hydrogens is 276 g/mol. The summed E-state index contributed by atoms with van der Waals surface area (Å²) in [5.74, 6) is 2.74. The minimum Gasteiger partial charge on any atom is -0.387 e. The van der Waals surface area contributed by atoms with E-state index in [-0.39, 0.29) is 6.10 Å². The largest absolute Gasteiger partial charge is 0.387 e. The third-order valence-corrected chi connectivity index (χ3v) is 4.64. The summed E-state index contributed by atoms with van der Waals surface area (Å²) in [4.78, 5) is 0. The molecule has 0 amide bonds. The first-order chi connectivity index (χ1) is 10.6. The molecule has 1 aliphatic heterocycles. The van der Waals surface area contributed by atoms with Crippen LogP contribution in [0.3, 0.4) is 0 Å². The first kappa shape index (κ1) is 17.0. The SMILES string of the molecule is C#C[C@@]1(CC)C[C@@](O)(CC)[C@H](CCOCc2ccccc2)O1. The second-order valence-corrected chi connectivity index (χ2v) is 6.06. The molecule has 0 aliphatic carbocycles. The molecule has 3 heteroatoms. The van der Waals surface area contributed by atoms with Gasteiger partial charge >= 0.3 is 0 Å². The molecule has 2 rings (SSSR count). The highest BCUT2D eigenvalue weighted by Gasteiger charge is 2.52. The van der Waals surface area contributed by atoms with Crippen LogP contribution in [0.15, 0.2) is 30.3 Å². The van der Waals surface area contributed by atoms with Crippen LogP contribution in [0.5, 0.6) is 0 Å². The minimum atomic E-state index is -0.849. The van der Waals surface area contributed by atoms with Gasteiger partial charge in [0.25, 0.3) is 0 Å². The van der Waals surface area contributed by atoms with Crippen molar-refractivity contribution in [1.82, 2.24) is 0 Å². The maximum Gasteiger partial charge on any atom is 0.131 e. The van der Waals surface area contributed by atoms with E-state index >= 15 is 0 Å². The number of aliphatic hydroxyl groups is 1. The quantitative estimate of drug-likeness (QED) is 0.620. The van der Waals surface area contributed by atoms with E-state index in [1.54, 1.807) is 0 Å². The lowest BCUT2D eigenvalue weighted by molar-refractivity contribution is -0.0763. The average molecular weight is 302 g/mol. The van der Waals surface area contributed by atoms with Crippen molar-refractivity contribution in [3.05, 3.63) is 35.9 Å². The van der Waals surface area contributed by atoms with Gasteiger partial charge in [-0.1, -0.05) is 50.1 Å². The van der Waals surface area contributed by atoms with Crippen LogP contribution in [0.2, 0.25) is 0 Å². The van der Waals surface area contributed by atoms with Gasteiger partial charge in [-0.2, -0.15) is 0 Å². The van der Waals surface area contributed by atoms with E-state index in [2.05, 4.69) is 5.92 Å². The maximum absolute atomic E-state index is 10.8. The van der Waals surface area contributed by atoms with Gasteiger partial charge in [-0.15, -0.1) is 6.42 Å². The molecule has 0 radical (unpaired) electrons. The van der Waals surface area contributed by atoms with Crippen LogP contribution in [0, 0.1) is 12.3 Å². The lowest BCUT2D eigenvalue weighted by Crippen LogP contribution is -2.38. The highest BCUT2D eigenvalue weighted by Crippen LogP contribution is 2.43. The summed E-state index contributed by atoms with van der Waals surface area (Å²) in [6.07, 6.45) is 7.89. The summed E-state index contributed by atoms with van der Waals surface area (Å²) in [6, 6.07) is 10.1. The third kappa shape index (κ3) is 3.70. The molecule has 3 nitrogen and oxygen atoms in total. The third-order valence-electron chi connectivity index (χ3n) is 4.64. The maximum atomic E-state index is 10.8. The zero-order valence-electron chi connectivity index (χ0n) is 13.5. The summed E-state index contributed by atoms with van der Waals surface area (Å²) in [6.45, 7) is 5.10. The second-order valence-electron chi connectivity index (χ2n) is 6.06. The van der Waals surface area contributed by atoms with Crippen molar-refractivity contribution in [2.45, 2.75) is 63.4 Å². The Hall–Kier alpha value is -1.34. The predicted molar refractivity (Wildman–Crippen MR) is 87.3 cm³/mol. The van der Waals surface area contributed by atoms with Gasteiger partial charge in [-0.3, -0.25) is 0 Å². The van der Waals surface area contributed by atoms with Crippen molar-refractivity contribution < 1.29 is 14.6 Å². The van der Waals surface area contributed by atoms with Gasteiger partial charge in [0.05, 0.1) is 18.3 Å². The van der Waals surface area contributed by atoms with Gasteiger partial charge < -0.3 is 14.6 Å². The molecule has 1 N–H and O–H groups in total. The van der Waals surface area contributed by atoms with E-state index in [9.17, 15) is 5.11 Å². The smallest absolute Gasteiger partial charge is 0.131 e. The van der Waals surface area contributed by atoms with Gasteiger partial charge in [0.1, 0.15) is 5.60 Å². The number of benzene rings is 1. The summed E-state index contributed by atoms with van der Waals surface area (Å²) in [5, 5.41) is 10.8. The van der Waals surface area contributed by atoms with Gasteiger partial charge in [0.2, 0.25) is 0 Å². The van der Waals surface area contributed by atoms with Crippen LogP contribution in [0.25, 0.3) is 0 Å². The number of hydrogen-bond acceptors (Lipinski definition) is 3. The van der Waals surface area contributed by atoms with Crippen molar-refractivity contribution in [3.8, 4) is 12.3 Å². The fourth-order valence-electron chi connectivity index (χ4n) is 3.06. The molecule has 1 fully saturated rings. The summed E-state index contributed by atoms with van der Waals surface area (Å²) in [7, 11) is 0. The van der Waals surface area contributed by atoms with Gasteiger partial charge in [-0.05, 0) is 24.8 Å². The molecule has 22 heavy (non-hydrogen) atoms. The van der Waals surface area contributed by atoms with Crippen LogP contribution in [0.4, 0.5) is 0 Å². The zero-order chi connectivity index (χ0) is 16.1. The molecule has 1 aromatic rings. The van der Waals surface area contributed by atoms with E-state index in [1.165, 1.54) is 0 Å². The molecule has 0 aromatic heterocycles. The van der Waals surface area contributed by atoms with E-state index in [4.69, 9.17) is 15.9 Å². The molecule has 0 spiro atoms. The molecule has 3 atom stereocenters. The molecular formula is C19H26O3. The predicted octanol–water partition coefficient (Wildman–Crippen LogP) is 3.31. The Kier molecular flexibility index (Phi) is 5.63. The summed E-state index contributed by atoms with van der Waals surface area (Å²) < 4.78 is 11.8. The number of terminal acetylenes is 1. The van der Waals surface area contributed by atoms with Crippen LogP contribution in [-0.2, 0) is 16.1 Å². The van der Waals surface area contributed by atoms with Crippen molar-refractivity contribution >= 4 is 0 Å². The standard InChI is InChI=1S/C19H26O3/c1-4-18(5-2)15-19(20,6-3)17(22-18)12-13-21-14-16-10-8-7-9-11-16/h1,7-11,17,20H,5-6,12-15H2,2-3H3/t17-,18+,19-/m0/s1. The molecule has 1 aromatic carbocycles. The fourth-order valence-corrected chi connectivity index (χ4v) is 3.06. The first-order valence-corrected chi connectivity index (χ1v) is 8.07. The topological polar surface area (TPSA) is 38.7 Å². The highest BCUT2D eigenvalue weighted by molar-refractivity contribution is 5.17. The number of rotatable bonds is 7. The Labute approximate surface area is 133 Å². The number of hydrogen-bond donors (Lipinski definition) is 1. The Morgan fingerprint density at radius 2 is 2.05 bits per heavy atom. The average Bonchev–Trinajstić information content (AvgIpc) is 2.86. The van der Waals surface area contributed by atoms with Crippen molar-refractivity contribution in [1.29, 1.82) is 0 Å². The lowest BCUT2D eigenvalue weighted by atomic mass is 9.84. The van der Waals surface area contributed by atoms with Crippen LogP contribution in [-0.4, -0.2) is 29.0 Å². The van der Waals surface area contributed by atoms with E-state index in [0.717, 1.165) is 5.56 Å². The molecule has 1 aliphatic rings. The summed E-state index contributed by atoms with van der Waals surface area (Å²) >= 11 is 0. The fraction of sp³-hybridized carbons (Fsp3) is 0.579. The monoisotopic (exact) mass is 302 g/mol. The minimum absolute atomic E-state index is 0.260. The van der Waals surface area contributed by atoms with Crippen molar-refractivity contribution in [3.63, 3.8) is 0 Å². The highest BCUT2D eigenvalue weighted by atomic mass is 16.5. The van der Waals surface area contributed by atoms with Gasteiger partial charge in [-0.25, -0.2) is 0 Å². The Morgan fingerprint density at radius 3 is 2.64 bits per heavy atom. The van der Waals surface area contributed by atoms with Gasteiger partial charge in [0, 0.05) is 13.0 Å². The lowest BCUT2D eigenvalue weighted by Gasteiger charge is -2.26. The second kappa shape index (κ2) is 7.28. The van der Waals surface area contributed by atoms with E-state index in [1.807, 2.05) is 44.2 Å². The van der Waals surface area contributed by atoms with Crippen LogP contribution in [0.1, 0.15) is 45.1 Å². The van der Waals surface area contributed by atoms with Crippen LogP contribution < -0.4 is 0 Å². The normalized spacial score (nSPS) is 31.1. The van der Waals surface area contributed by atoms with Crippen molar-refractivity contribution in [2.24, 2.45) is 0 Å². The Balaban J connectivity index is 1.87. The molecule has 120 valence electrons. The molecule has 0 bridgehead atoms. The molecule has 1 heterocycles. The Bertz CT molecular complexity index is 507. The van der Waals surface area contributed by atoms with Gasteiger partial charge in [0.15, 0.2) is 0 Å². The Morgan fingerprint density at radius 1 is 1.32 bits per heavy atom. The molecule has 1 saturated heterocycles. The number of ether oxygens (including phenoxy) is 2. The first-order valence-electron chi connectivity index (χ1n) is 8.07. The molecule has 0 unspecified atom stereocenters. The van der Waals surface area contributed by atoms with Crippen LogP contribution >= 0.6 is 0 Å². The summed E-state index contributed by atoms with van der Waals surface area (Å²) in [5.41, 5.74) is -0.333.